The fraction of sp³-hybridized carbons (Fsp3) is 0. The van der Waals surface area contributed by atoms with Crippen LogP contribution in [0.15, 0.2) is 46.8 Å². The van der Waals surface area contributed by atoms with Crippen LogP contribution in [0.1, 0.15) is 15.9 Å². The summed E-state index contributed by atoms with van der Waals surface area (Å²) in [5.41, 5.74) is 1.77. The van der Waals surface area contributed by atoms with Crippen molar-refractivity contribution in [3.8, 4) is 17.2 Å². The van der Waals surface area contributed by atoms with Gasteiger partial charge in [0.2, 0.25) is 5.78 Å². The molecule has 1 aliphatic rings. The number of carbonyl (C=O) groups excluding carboxylic acids is 1. The van der Waals surface area contributed by atoms with Gasteiger partial charge in [-0.05, 0) is 18.2 Å². The van der Waals surface area contributed by atoms with Crippen molar-refractivity contribution in [2.45, 2.75) is 0 Å². The number of carbonyl (C=O) groups is 1. The molecule has 5 nitrogen and oxygen atoms in total. The molecule has 1 aliphatic heterocycles. The SMILES string of the molecule is O=C1/C(=C\c2c[nH]c3cccc(Br)c23)Oc2cc(O)cc(O)c21. The quantitative estimate of drug-likeness (QED) is 0.565. The lowest BCUT2D eigenvalue weighted by Crippen LogP contribution is -1.98. The second-order valence-corrected chi connectivity index (χ2v) is 6.04. The monoisotopic (exact) mass is 371 g/mol. The molecule has 4 rings (SSSR count). The number of hydrogen-bond donors (Lipinski definition) is 3. The first kappa shape index (κ1) is 13.9. The first-order valence-corrected chi connectivity index (χ1v) is 7.59. The molecule has 0 radical (unpaired) electrons. The van der Waals surface area contributed by atoms with Gasteiger partial charge in [0.15, 0.2) is 5.76 Å². The summed E-state index contributed by atoms with van der Waals surface area (Å²) in [6.45, 7) is 0. The molecule has 0 saturated heterocycles. The van der Waals surface area contributed by atoms with E-state index in [0.717, 1.165) is 27.0 Å². The zero-order valence-electron chi connectivity index (χ0n) is 11.6. The van der Waals surface area contributed by atoms with Gasteiger partial charge in [0.05, 0.1) is 0 Å². The Morgan fingerprint density at radius 1 is 1.22 bits per heavy atom. The van der Waals surface area contributed by atoms with Crippen LogP contribution in [0.25, 0.3) is 17.0 Å². The van der Waals surface area contributed by atoms with E-state index in [2.05, 4.69) is 20.9 Å². The molecule has 0 aliphatic carbocycles. The number of fused-ring (bicyclic) bond motifs is 2. The molecule has 2 heterocycles. The number of rotatable bonds is 1. The summed E-state index contributed by atoms with van der Waals surface area (Å²) < 4.78 is 6.40. The standard InChI is InChI=1S/C17H10BrNO4/c18-10-2-1-3-11-15(10)8(7-19-11)4-14-17(22)16-12(21)5-9(20)6-13(16)23-14/h1-7,19-21H/b14-4+. The Labute approximate surface area is 139 Å². The zero-order chi connectivity index (χ0) is 16.1. The van der Waals surface area contributed by atoms with Gasteiger partial charge in [-0.2, -0.15) is 0 Å². The highest BCUT2D eigenvalue weighted by Gasteiger charge is 2.31. The van der Waals surface area contributed by atoms with Crippen LogP contribution in [-0.2, 0) is 0 Å². The van der Waals surface area contributed by atoms with Crippen molar-refractivity contribution in [3.05, 3.63) is 57.9 Å². The minimum Gasteiger partial charge on any atom is -0.508 e. The van der Waals surface area contributed by atoms with E-state index in [1.165, 1.54) is 6.07 Å². The summed E-state index contributed by atoms with van der Waals surface area (Å²) >= 11 is 3.49. The number of hydrogen-bond acceptors (Lipinski definition) is 4. The molecule has 0 saturated carbocycles. The van der Waals surface area contributed by atoms with E-state index in [-0.39, 0.29) is 28.6 Å². The lowest BCUT2D eigenvalue weighted by Gasteiger charge is -2.00. The zero-order valence-corrected chi connectivity index (χ0v) is 13.2. The fourth-order valence-corrected chi connectivity index (χ4v) is 3.29. The lowest BCUT2D eigenvalue weighted by atomic mass is 10.1. The topological polar surface area (TPSA) is 82.6 Å². The Balaban J connectivity index is 1.84. The first-order valence-electron chi connectivity index (χ1n) is 6.80. The Morgan fingerprint density at radius 2 is 2.04 bits per heavy atom. The minimum absolute atomic E-state index is 0.0629. The molecular formula is C17H10BrNO4. The molecule has 1 aromatic heterocycles. The van der Waals surface area contributed by atoms with Crippen molar-refractivity contribution >= 4 is 38.7 Å². The van der Waals surface area contributed by atoms with Crippen LogP contribution < -0.4 is 4.74 Å². The Morgan fingerprint density at radius 3 is 2.87 bits per heavy atom. The highest BCUT2D eigenvalue weighted by atomic mass is 79.9. The number of ether oxygens (including phenoxy) is 1. The second-order valence-electron chi connectivity index (χ2n) is 5.18. The first-order chi connectivity index (χ1) is 11.0. The van der Waals surface area contributed by atoms with Gasteiger partial charge in [-0.3, -0.25) is 4.79 Å². The van der Waals surface area contributed by atoms with Crippen LogP contribution in [0.2, 0.25) is 0 Å². The number of Topliss-reactive ketones (excluding diaryl/α,β-unsaturated/α-hetero) is 1. The number of phenols is 2. The summed E-state index contributed by atoms with van der Waals surface area (Å²) in [5, 5.41) is 20.3. The summed E-state index contributed by atoms with van der Waals surface area (Å²) in [4.78, 5) is 15.5. The van der Waals surface area contributed by atoms with Gasteiger partial charge in [-0.15, -0.1) is 0 Å². The number of nitrogens with one attached hydrogen (secondary N) is 1. The maximum Gasteiger partial charge on any atom is 0.235 e. The van der Waals surface area contributed by atoms with Crippen molar-refractivity contribution in [3.63, 3.8) is 0 Å². The number of aromatic amines is 1. The van der Waals surface area contributed by atoms with E-state index in [1.807, 2.05) is 18.2 Å². The molecule has 0 unspecified atom stereocenters. The molecule has 0 bridgehead atoms. The number of benzene rings is 2. The predicted molar refractivity (Wildman–Crippen MR) is 88.7 cm³/mol. The van der Waals surface area contributed by atoms with Crippen LogP contribution >= 0.6 is 15.9 Å². The summed E-state index contributed by atoms with van der Waals surface area (Å²) in [5.74, 6) is -0.632. The molecule has 0 amide bonds. The molecule has 114 valence electrons. The lowest BCUT2D eigenvalue weighted by molar-refractivity contribution is 0.101. The maximum absolute atomic E-state index is 12.4. The van der Waals surface area contributed by atoms with E-state index in [4.69, 9.17) is 4.74 Å². The molecule has 0 atom stereocenters. The Hall–Kier alpha value is -2.73. The average Bonchev–Trinajstić information content (AvgIpc) is 3.03. The number of halogens is 1. The van der Waals surface area contributed by atoms with Gasteiger partial charge in [0, 0.05) is 39.3 Å². The number of H-pyrrole nitrogens is 1. The number of ketones is 1. The van der Waals surface area contributed by atoms with Crippen LogP contribution in [0.5, 0.6) is 17.2 Å². The number of allylic oxidation sites excluding steroid dienone is 1. The van der Waals surface area contributed by atoms with E-state index in [9.17, 15) is 15.0 Å². The third-order valence-corrected chi connectivity index (χ3v) is 4.37. The normalized spacial score (nSPS) is 15.2. The van der Waals surface area contributed by atoms with Gasteiger partial charge in [0.1, 0.15) is 22.8 Å². The van der Waals surface area contributed by atoms with Crippen molar-refractivity contribution in [1.29, 1.82) is 0 Å². The summed E-state index contributed by atoms with van der Waals surface area (Å²) in [6.07, 6.45) is 3.39. The van der Waals surface area contributed by atoms with Crippen LogP contribution in [0.4, 0.5) is 0 Å². The summed E-state index contributed by atoms with van der Waals surface area (Å²) in [6, 6.07) is 8.17. The average molecular weight is 372 g/mol. The number of aromatic nitrogens is 1. The smallest absolute Gasteiger partial charge is 0.235 e. The largest absolute Gasteiger partial charge is 0.508 e. The van der Waals surface area contributed by atoms with E-state index in [0.29, 0.717) is 0 Å². The number of phenolic OH excluding ortho intramolecular Hbond substituents is 2. The molecule has 0 spiro atoms. The third-order valence-electron chi connectivity index (χ3n) is 3.71. The van der Waals surface area contributed by atoms with Crippen LogP contribution in [-0.4, -0.2) is 21.0 Å². The third kappa shape index (κ3) is 2.10. The van der Waals surface area contributed by atoms with E-state index < -0.39 is 5.78 Å². The molecule has 3 N–H and O–H groups in total. The van der Waals surface area contributed by atoms with E-state index >= 15 is 0 Å². The molecule has 2 aromatic carbocycles. The van der Waals surface area contributed by atoms with Crippen LogP contribution in [0.3, 0.4) is 0 Å². The van der Waals surface area contributed by atoms with Gasteiger partial charge in [-0.1, -0.05) is 22.0 Å². The predicted octanol–water partition coefficient (Wildman–Crippen LogP) is 3.96. The fourth-order valence-electron chi connectivity index (χ4n) is 2.70. The van der Waals surface area contributed by atoms with Crippen molar-refractivity contribution < 1.29 is 19.7 Å². The molecular weight excluding hydrogens is 362 g/mol. The van der Waals surface area contributed by atoms with Crippen molar-refractivity contribution in [2.75, 3.05) is 0 Å². The van der Waals surface area contributed by atoms with Crippen molar-refractivity contribution in [1.82, 2.24) is 4.98 Å². The van der Waals surface area contributed by atoms with Crippen LogP contribution in [0, 0.1) is 0 Å². The molecule has 23 heavy (non-hydrogen) atoms. The van der Waals surface area contributed by atoms with E-state index in [1.54, 1.807) is 12.3 Å². The second kappa shape index (κ2) is 4.89. The minimum atomic E-state index is -0.418. The molecule has 3 aromatic rings. The number of aromatic hydroxyl groups is 2. The van der Waals surface area contributed by atoms with Gasteiger partial charge in [0.25, 0.3) is 0 Å². The maximum atomic E-state index is 12.4. The Kier molecular flexibility index (Phi) is 2.96. The molecule has 6 heteroatoms. The Bertz CT molecular complexity index is 1000. The summed E-state index contributed by atoms with van der Waals surface area (Å²) in [7, 11) is 0. The highest BCUT2D eigenvalue weighted by molar-refractivity contribution is 9.10. The van der Waals surface area contributed by atoms with Gasteiger partial charge in [-0.25, -0.2) is 0 Å². The molecule has 0 fully saturated rings. The van der Waals surface area contributed by atoms with Crippen molar-refractivity contribution in [2.24, 2.45) is 0 Å². The van der Waals surface area contributed by atoms with Gasteiger partial charge >= 0.3 is 0 Å². The highest BCUT2D eigenvalue weighted by Crippen LogP contribution is 2.41. The van der Waals surface area contributed by atoms with Gasteiger partial charge < -0.3 is 19.9 Å².